The first-order valence-corrected chi connectivity index (χ1v) is 10.3. The predicted octanol–water partition coefficient (Wildman–Crippen LogP) is 3.76. The van der Waals surface area contributed by atoms with E-state index in [1.54, 1.807) is 0 Å². The molecule has 1 aliphatic rings. The molecule has 3 N–H and O–H groups in total. The molecule has 0 saturated heterocycles. The zero-order chi connectivity index (χ0) is 20.9. The van der Waals surface area contributed by atoms with Crippen molar-refractivity contribution in [3.63, 3.8) is 0 Å². The van der Waals surface area contributed by atoms with E-state index in [0.29, 0.717) is 13.0 Å². The summed E-state index contributed by atoms with van der Waals surface area (Å²) in [6.45, 7) is 5.88. The Kier molecular flexibility index (Phi) is 6.93. The lowest BCUT2D eigenvalue weighted by molar-refractivity contribution is 0.0420. The van der Waals surface area contributed by atoms with Crippen LogP contribution < -0.4 is 10.6 Å². The van der Waals surface area contributed by atoms with Gasteiger partial charge in [-0.3, -0.25) is 0 Å². The summed E-state index contributed by atoms with van der Waals surface area (Å²) >= 11 is 0. The molecule has 0 aliphatic heterocycles. The molecule has 0 heterocycles. The van der Waals surface area contributed by atoms with Crippen molar-refractivity contribution in [1.29, 1.82) is 0 Å². The van der Waals surface area contributed by atoms with Crippen molar-refractivity contribution in [2.45, 2.75) is 63.8 Å². The van der Waals surface area contributed by atoms with Gasteiger partial charge in [0.25, 0.3) is 0 Å². The predicted molar refractivity (Wildman–Crippen MR) is 115 cm³/mol. The molecule has 0 bridgehead atoms. The molecule has 2 aromatic carbocycles. The Balaban J connectivity index is 1.63. The van der Waals surface area contributed by atoms with Crippen molar-refractivity contribution in [2.24, 2.45) is 0 Å². The molecule has 29 heavy (non-hydrogen) atoms. The molecule has 1 amide bonds. The molecular formula is C24H32N2O3. The van der Waals surface area contributed by atoms with Crippen molar-refractivity contribution in [3.8, 4) is 0 Å². The van der Waals surface area contributed by atoms with Crippen LogP contribution in [0.2, 0.25) is 0 Å². The van der Waals surface area contributed by atoms with Gasteiger partial charge in [0.2, 0.25) is 0 Å². The quantitative estimate of drug-likeness (QED) is 0.666. The maximum atomic E-state index is 12.3. The molecule has 0 fully saturated rings. The van der Waals surface area contributed by atoms with Crippen molar-refractivity contribution >= 4 is 6.09 Å². The summed E-state index contributed by atoms with van der Waals surface area (Å²) in [7, 11) is 0. The first kappa shape index (κ1) is 21.3. The van der Waals surface area contributed by atoms with Crippen LogP contribution in [-0.4, -0.2) is 35.5 Å². The Labute approximate surface area is 173 Å². The fourth-order valence-corrected chi connectivity index (χ4v) is 3.78. The first-order chi connectivity index (χ1) is 13.8. The number of alkyl carbamates (subject to hydrolysis) is 1. The fraction of sp³-hybridized carbons (Fsp3) is 0.458. The van der Waals surface area contributed by atoms with Crippen molar-refractivity contribution in [3.05, 3.63) is 71.3 Å². The van der Waals surface area contributed by atoms with E-state index < -0.39 is 23.8 Å². The van der Waals surface area contributed by atoms with Crippen molar-refractivity contribution in [2.75, 3.05) is 6.54 Å². The topological polar surface area (TPSA) is 70.6 Å². The lowest BCUT2D eigenvalue weighted by atomic mass is 10.0. The molecule has 0 aromatic heterocycles. The molecular weight excluding hydrogens is 364 g/mol. The Morgan fingerprint density at radius 1 is 1.14 bits per heavy atom. The van der Waals surface area contributed by atoms with Gasteiger partial charge in [0, 0.05) is 12.6 Å². The summed E-state index contributed by atoms with van der Waals surface area (Å²) in [4.78, 5) is 12.3. The standard InChI is InChI=1S/C24H32N2O3/c1-24(2,3)29-23(28)26-21(15-17-9-5-4-6-10-17)22(27)16-25-20-14-13-18-11-7-8-12-19(18)20/h4-12,20-22,25,27H,13-16H2,1-3H3,(H,26,28)/t20-,21-,22+/m0/s1. The third-order valence-electron chi connectivity index (χ3n) is 5.17. The fourth-order valence-electron chi connectivity index (χ4n) is 3.78. The number of amides is 1. The molecule has 156 valence electrons. The average Bonchev–Trinajstić information content (AvgIpc) is 3.08. The molecule has 5 heteroatoms. The highest BCUT2D eigenvalue weighted by Crippen LogP contribution is 2.30. The number of rotatable bonds is 7. The number of fused-ring (bicyclic) bond motifs is 1. The highest BCUT2D eigenvalue weighted by atomic mass is 16.6. The summed E-state index contributed by atoms with van der Waals surface area (Å²) in [5, 5.41) is 17.2. The highest BCUT2D eigenvalue weighted by Gasteiger charge is 2.27. The maximum Gasteiger partial charge on any atom is 0.407 e. The number of hydrogen-bond donors (Lipinski definition) is 3. The SMILES string of the molecule is CC(C)(C)OC(=O)N[C@@H](Cc1ccccc1)[C@H](O)CN[C@H]1CCc2ccccc21. The number of nitrogens with one attached hydrogen (secondary N) is 2. The van der Waals surface area contributed by atoms with E-state index in [9.17, 15) is 9.90 Å². The van der Waals surface area contributed by atoms with Gasteiger partial charge in [-0.15, -0.1) is 0 Å². The Bertz CT molecular complexity index is 801. The number of carbonyl (C=O) groups excluding carboxylic acids is 1. The summed E-state index contributed by atoms with van der Waals surface area (Å²) in [6, 6.07) is 18.1. The third kappa shape index (κ3) is 6.31. The third-order valence-corrected chi connectivity index (χ3v) is 5.17. The van der Waals surface area contributed by atoms with Crippen LogP contribution in [-0.2, 0) is 17.6 Å². The smallest absolute Gasteiger partial charge is 0.407 e. The van der Waals surface area contributed by atoms with E-state index >= 15 is 0 Å². The van der Waals surface area contributed by atoms with E-state index in [1.807, 2.05) is 51.1 Å². The number of aliphatic hydroxyl groups excluding tert-OH is 1. The summed E-state index contributed by atoms with van der Waals surface area (Å²) in [6.07, 6.45) is 1.35. The van der Waals surface area contributed by atoms with E-state index in [4.69, 9.17) is 4.74 Å². The van der Waals surface area contributed by atoms with Gasteiger partial charge in [-0.25, -0.2) is 4.79 Å². The van der Waals surface area contributed by atoms with Crippen molar-refractivity contribution < 1.29 is 14.6 Å². The summed E-state index contributed by atoms with van der Waals surface area (Å²) < 4.78 is 5.40. The number of aryl methyl sites for hydroxylation is 1. The second-order valence-corrected chi connectivity index (χ2v) is 8.71. The van der Waals surface area contributed by atoms with Gasteiger partial charge in [-0.2, -0.15) is 0 Å². The lowest BCUT2D eigenvalue weighted by Crippen LogP contribution is -2.50. The average molecular weight is 397 g/mol. The van der Waals surface area contributed by atoms with Crippen LogP contribution in [0.25, 0.3) is 0 Å². The highest BCUT2D eigenvalue weighted by molar-refractivity contribution is 5.68. The molecule has 1 aliphatic carbocycles. The second-order valence-electron chi connectivity index (χ2n) is 8.71. The van der Waals surface area contributed by atoms with Gasteiger partial charge in [0.05, 0.1) is 12.1 Å². The maximum absolute atomic E-state index is 12.3. The molecule has 0 radical (unpaired) electrons. The Morgan fingerprint density at radius 2 is 1.83 bits per heavy atom. The summed E-state index contributed by atoms with van der Waals surface area (Å²) in [5.74, 6) is 0. The van der Waals surface area contributed by atoms with Gasteiger partial charge in [0.1, 0.15) is 5.60 Å². The number of benzene rings is 2. The van der Waals surface area contributed by atoms with Crippen LogP contribution in [0.15, 0.2) is 54.6 Å². The van der Waals surface area contributed by atoms with Crippen LogP contribution in [0, 0.1) is 0 Å². The lowest BCUT2D eigenvalue weighted by Gasteiger charge is -2.28. The molecule has 5 nitrogen and oxygen atoms in total. The van der Waals surface area contributed by atoms with Crippen molar-refractivity contribution in [1.82, 2.24) is 10.6 Å². The molecule has 0 unspecified atom stereocenters. The zero-order valence-corrected chi connectivity index (χ0v) is 17.5. The van der Waals surface area contributed by atoms with Gasteiger partial charge < -0.3 is 20.5 Å². The molecule has 3 rings (SSSR count). The van der Waals surface area contributed by atoms with Crippen LogP contribution in [0.3, 0.4) is 0 Å². The van der Waals surface area contributed by atoms with Crippen LogP contribution >= 0.6 is 0 Å². The van der Waals surface area contributed by atoms with Gasteiger partial charge in [0.15, 0.2) is 0 Å². The van der Waals surface area contributed by atoms with E-state index in [2.05, 4.69) is 34.9 Å². The zero-order valence-electron chi connectivity index (χ0n) is 17.5. The van der Waals surface area contributed by atoms with E-state index in [0.717, 1.165) is 18.4 Å². The van der Waals surface area contributed by atoms with Gasteiger partial charge >= 0.3 is 6.09 Å². The minimum atomic E-state index is -0.740. The molecule has 3 atom stereocenters. The van der Waals surface area contributed by atoms with Gasteiger partial charge in [-0.1, -0.05) is 54.6 Å². The summed E-state index contributed by atoms with van der Waals surface area (Å²) in [5.41, 5.74) is 3.14. The number of hydrogen-bond acceptors (Lipinski definition) is 4. The number of aliphatic hydroxyl groups is 1. The minimum Gasteiger partial charge on any atom is -0.444 e. The van der Waals surface area contributed by atoms with Crippen LogP contribution in [0.1, 0.15) is 49.9 Å². The largest absolute Gasteiger partial charge is 0.444 e. The van der Waals surface area contributed by atoms with Crippen LogP contribution in [0.5, 0.6) is 0 Å². The molecule has 0 spiro atoms. The monoisotopic (exact) mass is 396 g/mol. The number of ether oxygens (including phenoxy) is 1. The van der Waals surface area contributed by atoms with Crippen LogP contribution in [0.4, 0.5) is 4.79 Å². The normalized spacial score (nSPS) is 18.0. The van der Waals surface area contributed by atoms with Gasteiger partial charge in [-0.05, 0) is 56.7 Å². The molecule has 0 saturated carbocycles. The second kappa shape index (κ2) is 9.42. The van der Waals surface area contributed by atoms with E-state index in [-0.39, 0.29) is 6.04 Å². The Morgan fingerprint density at radius 3 is 2.55 bits per heavy atom. The molecule has 2 aromatic rings. The first-order valence-electron chi connectivity index (χ1n) is 10.3. The Hall–Kier alpha value is -2.37. The number of carbonyl (C=O) groups is 1. The van der Waals surface area contributed by atoms with E-state index in [1.165, 1.54) is 11.1 Å². The minimum absolute atomic E-state index is 0.236.